The maximum atomic E-state index is 8.80. The van der Waals surface area contributed by atoms with Crippen molar-refractivity contribution in [2.24, 2.45) is 0 Å². The maximum Gasteiger partial charge on any atom is 0.101 e. The summed E-state index contributed by atoms with van der Waals surface area (Å²) in [6.07, 6.45) is 2.05. The normalized spacial score (nSPS) is 9.78. The SMILES string of the molecule is CSc1ccc(Nc2ccc(C#N)c(N)c2)cc1. The van der Waals surface area contributed by atoms with Gasteiger partial charge >= 0.3 is 0 Å². The fourth-order valence-corrected chi connectivity index (χ4v) is 1.99. The molecule has 0 radical (unpaired) electrons. The minimum absolute atomic E-state index is 0.489. The van der Waals surface area contributed by atoms with Gasteiger partial charge < -0.3 is 11.1 Å². The molecule has 0 heterocycles. The van der Waals surface area contributed by atoms with Crippen LogP contribution in [0.2, 0.25) is 0 Å². The monoisotopic (exact) mass is 255 g/mol. The summed E-state index contributed by atoms with van der Waals surface area (Å²) in [6.45, 7) is 0. The second-order valence-electron chi connectivity index (χ2n) is 3.77. The van der Waals surface area contributed by atoms with Crippen LogP contribution in [0.5, 0.6) is 0 Å². The van der Waals surface area contributed by atoms with Gasteiger partial charge in [0.1, 0.15) is 6.07 Å². The molecule has 0 aliphatic rings. The van der Waals surface area contributed by atoms with Crippen LogP contribution in [0.25, 0.3) is 0 Å². The summed E-state index contributed by atoms with van der Waals surface area (Å²) in [7, 11) is 0. The molecule has 4 heteroatoms. The molecule has 90 valence electrons. The highest BCUT2D eigenvalue weighted by molar-refractivity contribution is 7.98. The highest BCUT2D eigenvalue weighted by Gasteiger charge is 2.00. The number of hydrogen-bond donors (Lipinski definition) is 2. The van der Waals surface area contributed by atoms with E-state index in [0.29, 0.717) is 11.3 Å². The van der Waals surface area contributed by atoms with Crippen LogP contribution in [0, 0.1) is 11.3 Å². The number of nitrogens with one attached hydrogen (secondary N) is 1. The van der Waals surface area contributed by atoms with Crippen LogP contribution < -0.4 is 11.1 Å². The van der Waals surface area contributed by atoms with Crippen LogP contribution in [-0.2, 0) is 0 Å². The van der Waals surface area contributed by atoms with Gasteiger partial charge in [-0.05, 0) is 48.7 Å². The van der Waals surface area contributed by atoms with E-state index in [1.165, 1.54) is 4.90 Å². The second-order valence-corrected chi connectivity index (χ2v) is 4.65. The predicted octanol–water partition coefficient (Wildman–Crippen LogP) is 3.61. The van der Waals surface area contributed by atoms with Gasteiger partial charge in [-0.25, -0.2) is 0 Å². The van der Waals surface area contributed by atoms with E-state index in [0.717, 1.165) is 11.4 Å². The van der Waals surface area contributed by atoms with Gasteiger partial charge in [-0.15, -0.1) is 11.8 Å². The Morgan fingerprint density at radius 3 is 2.33 bits per heavy atom. The first kappa shape index (κ1) is 12.3. The number of hydrogen-bond acceptors (Lipinski definition) is 4. The van der Waals surface area contributed by atoms with Crippen molar-refractivity contribution in [2.45, 2.75) is 4.90 Å². The fourth-order valence-electron chi connectivity index (χ4n) is 1.58. The molecule has 0 spiro atoms. The molecule has 0 bridgehead atoms. The summed E-state index contributed by atoms with van der Waals surface area (Å²) in [5.74, 6) is 0. The average molecular weight is 255 g/mol. The third-order valence-corrected chi connectivity index (χ3v) is 3.29. The number of anilines is 3. The fraction of sp³-hybridized carbons (Fsp3) is 0.0714. The van der Waals surface area contributed by atoms with E-state index in [4.69, 9.17) is 11.0 Å². The lowest BCUT2D eigenvalue weighted by Crippen LogP contribution is -1.94. The van der Waals surface area contributed by atoms with Gasteiger partial charge in [0.25, 0.3) is 0 Å². The Hall–Kier alpha value is -2.12. The number of nitrogens with zero attached hydrogens (tertiary/aromatic N) is 1. The molecule has 3 N–H and O–H groups in total. The lowest BCUT2D eigenvalue weighted by atomic mass is 10.2. The first-order chi connectivity index (χ1) is 8.72. The van der Waals surface area contributed by atoms with E-state index >= 15 is 0 Å². The molecule has 0 fully saturated rings. The molecule has 0 aromatic heterocycles. The smallest absolute Gasteiger partial charge is 0.101 e. The number of rotatable bonds is 3. The van der Waals surface area contributed by atoms with Gasteiger partial charge in [0, 0.05) is 16.3 Å². The van der Waals surface area contributed by atoms with E-state index in [9.17, 15) is 0 Å². The van der Waals surface area contributed by atoms with Crippen molar-refractivity contribution < 1.29 is 0 Å². The molecule has 0 amide bonds. The Balaban J connectivity index is 2.18. The van der Waals surface area contributed by atoms with Gasteiger partial charge in [0.15, 0.2) is 0 Å². The molecule has 2 aromatic carbocycles. The molecule has 0 aliphatic carbocycles. The van der Waals surface area contributed by atoms with E-state index in [1.807, 2.05) is 30.5 Å². The number of benzene rings is 2. The molecule has 18 heavy (non-hydrogen) atoms. The molecule has 0 saturated heterocycles. The van der Waals surface area contributed by atoms with Gasteiger partial charge in [-0.3, -0.25) is 0 Å². The topological polar surface area (TPSA) is 61.8 Å². The van der Waals surface area contributed by atoms with Crippen LogP contribution in [0.1, 0.15) is 5.56 Å². The molecule has 0 saturated carbocycles. The molecule has 2 rings (SSSR count). The van der Waals surface area contributed by atoms with E-state index < -0.39 is 0 Å². The Bertz CT molecular complexity index is 585. The molecule has 0 aliphatic heterocycles. The largest absolute Gasteiger partial charge is 0.398 e. The van der Waals surface area contributed by atoms with Crippen molar-refractivity contribution in [3.63, 3.8) is 0 Å². The van der Waals surface area contributed by atoms with Crippen LogP contribution in [-0.4, -0.2) is 6.26 Å². The second kappa shape index (κ2) is 5.48. The quantitative estimate of drug-likeness (QED) is 0.649. The highest BCUT2D eigenvalue weighted by Crippen LogP contribution is 2.23. The van der Waals surface area contributed by atoms with Crippen molar-refractivity contribution in [2.75, 3.05) is 17.3 Å². The lowest BCUT2D eigenvalue weighted by Gasteiger charge is -2.08. The highest BCUT2D eigenvalue weighted by atomic mass is 32.2. The Kier molecular flexibility index (Phi) is 3.75. The predicted molar refractivity (Wildman–Crippen MR) is 77.1 cm³/mol. The third-order valence-electron chi connectivity index (χ3n) is 2.55. The minimum atomic E-state index is 0.489. The van der Waals surface area contributed by atoms with Crippen molar-refractivity contribution in [1.29, 1.82) is 5.26 Å². The van der Waals surface area contributed by atoms with Crippen molar-refractivity contribution in [3.8, 4) is 6.07 Å². The van der Waals surface area contributed by atoms with Crippen molar-refractivity contribution >= 4 is 28.8 Å². The van der Waals surface area contributed by atoms with Crippen molar-refractivity contribution in [3.05, 3.63) is 48.0 Å². The van der Waals surface area contributed by atoms with Gasteiger partial charge in [0.2, 0.25) is 0 Å². The zero-order valence-corrected chi connectivity index (χ0v) is 10.8. The Morgan fingerprint density at radius 2 is 1.78 bits per heavy atom. The number of nitriles is 1. The Labute approximate surface area is 111 Å². The van der Waals surface area contributed by atoms with Crippen molar-refractivity contribution in [1.82, 2.24) is 0 Å². The summed E-state index contributed by atoms with van der Waals surface area (Å²) in [5.41, 5.74) is 8.63. The van der Waals surface area contributed by atoms with Gasteiger partial charge in [0.05, 0.1) is 11.3 Å². The standard InChI is InChI=1S/C14H13N3S/c1-18-13-6-4-11(5-7-13)17-12-3-2-10(9-15)14(16)8-12/h2-8,17H,16H2,1H3. The first-order valence-electron chi connectivity index (χ1n) is 5.43. The van der Waals surface area contributed by atoms with E-state index in [1.54, 1.807) is 23.9 Å². The first-order valence-corrected chi connectivity index (χ1v) is 6.66. The molecule has 0 atom stereocenters. The number of nitrogen functional groups attached to an aromatic ring is 1. The molecular formula is C14H13N3S. The van der Waals surface area contributed by atoms with Crippen LogP contribution in [0.3, 0.4) is 0 Å². The van der Waals surface area contributed by atoms with Crippen LogP contribution >= 0.6 is 11.8 Å². The molecule has 2 aromatic rings. The molecule has 0 unspecified atom stereocenters. The summed E-state index contributed by atoms with van der Waals surface area (Å²) >= 11 is 1.71. The number of thioether (sulfide) groups is 1. The third kappa shape index (κ3) is 2.76. The average Bonchev–Trinajstić information content (AvgIpc) is 2.40. The number of nitrogens with two attached hydrogens (primary N) is 1. The Morgan fingerprint density at radius 1 is 1.11 bits per heavy atom. The summed E-state index contributed by atoms with van der Waals surface area (Å²) in [6, 6.07) is 15.5. The molecular weight excluding hydrogens is 242 g/mol. The molecule has 3 nitrogen and oxygen atoms in total. The zero-order chi connectivity index (χ0) is 13.0. The van der Waals surface area contributed by atoms with Crippen LogP contribution in [0.15, 0.2) is 47.4 Å². The summed E-state index contributed by atoms with van der Waals surface area (Å²) in [5, 5.41) is 12.1. The summed E-state index contributed by atoms with van der Waals surface area (Å²) in [4.78, 5) is 1.22. The van der Waals surface area contributed by atoms with Crippen LogP contribution in [0.4, 0.5) is 17.1 Å². The zero-order valence-electron chi connectivity index (χ0n) is 9.97. The minimum Gasteiger partial charge on any atom is -0.398 e. The maximum absolute atomic E-state index is 8.80. The lowest BCUT2D eigenvalue weighted by molar-refractivity contribution is 1.44. The summed E-state index contributed by atoms with van der Waals surface area (Å²) < 4.78 is 0. The van der Waals surface area contributed by atoms with E-state index in [2.05, 4.69) is 17.4 Å². The van der Waals surface area contributed by atoms with Gasteiger partial charge in [-0.1, -0.05) is 0 Å². The van der Waals surface area contributed by atoms with E-state index in [-0.39, 0.29) is 0 Å². The van der Waals surface area contributed by atoms with Gasteiger partial charge in [-0.2, -0.15) is 5.26 Å².